The van der Waals surface area contributed by atoms with Gasteiger partial charge in [-0.15, -0.1) is 0 Å². The fraction of sp³-hybridized carbons (Fsp3) is 0.581. The largest absolute Gasteiger partial charge is 0.479 e. The number of alkyl carbamates (subject to hydrolysis) is 1. The van der Waals surface area contributed by atoms with Crippen LogP contribution in [0, 0.1) is 11.7 Å². The highest BCUT2D eigenvalue weighted by atomic mass is 19.1. The summed E-state index contributed by atoms with van der Waals surface area (Å²) < 4.78 is 31.0. The molecule has 1 aromatic carbocycles. The van der Waals surface area contributed by atoms with Gasteiger partial charge in [0.2, 0.25) is 11.8 Å². The van der Waals surface area contributed by atoms with Crippen LogP contribution in [0.3, 0.4) is 0 Å². The van der Waals surface area contributed by atoms with Crippen LogP contribution in [0.4, 0.5) is 14.0 Å². The van der Waals surface area contributed by atoms with Crippen molar-refractivity contribution in [1.29, 1.82) is 0 Å². The second-order valence-electron chi connectivity index (χ2n) is 12.9. The molecule has 3 N–H and O–H groups in total. The van der Waals surface area contributed by atoms with Crippen molar-refractivity contribution in [2.45, 2.75) is 88.9 Å². The maximum Gasteiger partial charge on any atom is 0.410 e. The number of ether oxygens (including phenoxy) is 3. The Kier molecular flexibility index (Phi) is 9.06. The molecule has 5 unspecified atom stereocenters. The van der Waals surface area contributed by atoms with E-state index >= 15 is 0 Å². The molecule has 1 saturated carbocycles. The van der Waals surface area contributed by atoms with E-state index < -0.39 is 71.0 Å². The molecule has 14 heteroatoms. The Balaban J connectivity index is 1.37. The number of halogens is 1. The summed E-state index contributed by atoms with van der Waals surface area (Å²) in [5.41, 5.74) is -1.31. The van der Waals surface area contributed by atoms with E-state index in [1.165, 1.54) is 15.9 Å². The predicted octanol–water partition coefficient (Wildman–Crippen LogP) is 2.47. The number of carboxylic acid groups (broad SMARTS) is 1. The molecule has 1 saturated heterocycles. The maximum atomic E-state index is 14.3. The van der Waals surface area contributed by atoms with Crippen LogP contribution in [0.1, 0.15) is 57.6 Å². The first-order valence-electron chi connectivity index (χ1n) is 15.1. The molecule has 1 aliphatic carbocycles. The average Bonchev–Trinajstić information content (AvgIpc) is 3.27. The lowest BCUT2D eigenvalue weighted by Gasteiger charge is -2.30. The number of aliphatic carboxylic acids is 1. The third kappa shape index (κ3) is 7.21. The molecule has 0 spiro atoms. The van der Waals surface area contributed by atoms with Crippen molar-refractivity contribution in [3.05, 3.63) is 47.3 Å². The standard InChI is InChI=1S/C31H39FN4O9/c1-30(2,3)45-28(41)33-23-10-12-43-11-5-4-8-19-14-31(19,27(39)40)34-25(37)24-13-20(16-36(24)26(23)38)44-29(42)35-15-18-7-6-9-22(32)21(18)17-35/h4,6-9,19-20,23-24H,5,10-17H2,1-3H3,(H,33,41)(H,34,37)(H,39,40). The zero-order chi connectivity index (χ0) is 32.5. The topological polar surface area (TPSA) is 164 Å². The second kappa shape index (κ2) is 12.7. The molecule has 5 rings (SSSR count). The van der Waals surface area contributed by atoms with Crippen LogP contribution < -0.4 is 10.6 Å². The quantitative estimate of drug-likeness (QED) is 0.426. The number of benzene rings is 1. The summed E-state index contributed by atoms with van der Waals surface area (Å²) in [5.74, 6) is -3.41. The van der Waals surface area contributed by atoms with Gasteiger partial charge in [0.15, 0.2) is 0 Å². The van der Waals surface area contributed by atoms with Gasteiger partial charge in [0.05, 0.1) is 19.7 Å². The van der Waals surface area contributed by atoms with Crippen molar-refractivity contribution >= 4 is 30.0 Å². The smallest absolute Gasteiger partial charge is 0.410 e. The van der Waals surface area contributed by atoms with Gasteiger partial charge in [0, 0.05) is 37.5 Å². The molecular weight excluding hydrogens is 591 g/mol. The van der Waals surface area contributed by atoms with Crippen LogP contribution >= 0.6 is 0 Å². The summed E-state index contributed by atoms with van der Waals surface area (Å²) in [4.78, 5) is 68.3. The Bertz CT molecular complexity index is 1400. The number of amides is 4. The Morgan fingerprint density at radius 3 is 2.67 bits per heavy atom. The van der Waals surface area contributed by atoms with Gasteiger partial charge in [-0.3, -0.25) is 14.5 Å². The van der Waals surface area contributed by atoms with Crippen molar-refractivity contribution in [2.75, 3.05) is 19.8 Å². The molecule has 4 amide bonds. The first-order chi connectivity index (χ1) is 21.3. The van der Waals surface area contributed by atoms with Crippen LogP contribution in [-0.4, -0.2) is 94.0 Å². The van der Waals surface area contributed by atoms with Crippen molar-refractivity contribution < 1.29 is 47.7 Å². The average molecular weight is 631 g/mol. The zero-order valence-corrected chi connectivity index (χ0v) is 25.5. The van der Waals surface area contributed by atoms with E-state index in [-0.39, 0.29) is 45.5 Å². The van der Waals surface area contributed by atoms with Gasteiger partial charge in [-0.1, -0.05) is 24.3 Å². The van der Waals surface area contributed by atoms with Crippen LogP contribution in [0.15, 0.2) is 30.4 Å². The number of nitrogens with zero attached hydrogens (tertiary/aromatic N) is 2. The highest BCUT2D eigenvalue weighted by Crippen LogP contribution is 2.45. The number of rotatable bonds is 3. The predicted molar refractivity (Wildman–Crippen MR) is 155 cm³/mol. The van der Waals surface area contributed by atoms with Crippen LogP contribution in [0.25, 0.3) is 0 Å². The van der Waals surface area contributed by atoms with Gasteiger partial charge in [0.25, 0.3) is 0 Å². The molecule has 0 aromatic heterocycles. The summed E-state index contributed by atoms with van der Waals surface area (Å²) >= 11 is 0. The van der Waals surface area contributed by atoms with E-state index in [1.807, 2.05) is 0 Å². The van der Waals surface area contributed by atoms with Gasteiger partial charge in [-0.05, 0) is 45.2 Å². The van der Waals surface area contributed by atoms with Crippen molar-refractivity contribution in [1.82, 2.24) is 20.4 Å². The molecule has 0 radical (unpaired) electrons. The fourth-order valence-electron chi connectivity index (χ4n) is 5.99. The minimum absolute atomic E-state index is 0.0119. The van der Waals surface area contributed by atoms with Gasteiger partial charge in [0.1, 0.15) is 35.1 Å². The monoisotopic (exact) mass is 630 g/mol. The summed E-state index contributed by atoms with van der Waals surface area (Å²) in [6, 6.07) is 2.26. The Morgan fingerprint density at radius 2 is 1.96 bits per heavy atom. The molecule has 13 nitrogen and oxygen atoms in total. The number of fused-ring (bicyclic) bond motifs is 3. The molecule has 3 aliphatic heterocycles. The van der Waals surface area contributed by atoms with Crippen molar-refractivity contribution in [3.8, 4) is 0 Å². The first kappa shape index (κ1) is 32.2. The lowest BCUT2D eigenvalue weighted by atomic mass is 10.1. The highest BCUT2D eigenvalue weighted by Gasteiger charge is 2.61. The molecule has 45 heavy (non-hydrogen) atoms. The number of nitrogens with one attached hydrogen (secondary N) is 2. The molecule has 1 aromatic rings. The maximum absolute atomic E-state index is 14.3. The van der Waals surface area contributed by atoms with E-state index in [4.69, 9.17) is 14.2 Å². The minimum atomic E-state index is -1.53. The molecule has 0 bridgehead atoms. The molecule has 2 fully saturated rings. The minimum Gasteiger partial charge on any atom is -0.479 e. The van der Waals surface area contributed by atoms with E-state index in [2.05, 4.69) is 10.6 Å². The summed E-state index contributed by atoms with van der Waals surface area (Å²) in [6.45, 7) is 5.42. The van der Waals surface area contributed by atoms with Gasteiger partial charge < -0.3 is 34.9 Å². The van der Waals surface area contributed by atoms with Crippen LogP contribution in [-0.2, 0) is 41.7 Å². The Hall–Kier alpha value is -4.20. The number of hydrogen-bond donors (Lipinski definition) is 3. The lowest BCUT2D eigenvalue weighted by Crippen LogP contribution is -2.56. The SMILES string of the molecule is CC(C)(C)OC(=O)NC1CCOCCC=CC2CC2(C(=O)O)NC(=O)C2CC(OC(=O)N3Cc4cccc(F)c4C3)CN2C1=O. The van der Waals surface area contributed by atoms with Crippen LogP contribution in [0.5, 0.6) is 0 Å². The molecule has 244 valence electrons. The van der Waals surface area contributed by atoms with Crippen molar-refractivity contribution in [3.63, 3.8) is 0 Å². The Labute approximate surface area is 260 Å². The summed E-state index contributed by atoms with van der Waals surface area (Å²) in [5, 5.41) is 15.2. The third-order valence-electron chi connectivity index (χ3n) is 8.38. The van der Waals surface area contributed by atoms with E-state index in [0.29, 0.717) is 24.2 Å². The fourth-order valence-corrected chi connectivity index (χ4v) is 5.99. The number of hydrogen-bond acceptors (Lipinski definition) is 8. The van der Waals surface area contributed by atoms with Gasteiger partial charge in [-0.2, -0.15) is 0 Å². The van der Waals surface area contributed by atoms with Crippen LogP contribution in [0.2, 0.25) is 0 Å². The lowest BCUT2D eigenvalue weighted by molar-refractivity contribution is -0.145. The third-order valence-corrected chi connectivity index (χ3v) is 8.38. The Morgan fingerprint density at radius 1 is 1.18 bits per heavy atom. The first-order valence-corrected chi connectivity index (χ1v) is 15.1. The highest BCUT2D eigenvalue weighted by molar-refractivity contribution is 5.96. The molecule has 3 heterocycles. The van der Waals surface area contributed by atoms with E-state index in [9.17, 15) is 33.5 Å². The summed E-state index contributed by atoms with van der Waals surface area (Å²) in [7, 11) is 0. The molecule has 4 aliphatic rings. The number of carboxylic acids is 1. The normalized spacial score (nSPS) is 28.5. The van der Waals surface area contributed by atoms with Gasteiger partial charge >= 0.3 is 18.2 Å². The van der Waals surface area contributed by atoms with E-state index in [0.717, 1.165) is 0 Å². The molecular formula is C31H39FN4O9. The molecule has 5 atom stereocenters. The van der Waals surface area contributed by atoms with Crippen molar-refractivity contribution in [2.24, 2.45) is 5.92 Å². The number of carbonyl (C=O) groups excluding carboxylic acids is 4. The van der Waals surface area contributed by atoms with Gasteiger partial charge in [-0.25, -0.2) is 18.8 Å². The number of carbonyl (C=O) groups is 5. The second-order valence-corrected chi connectivity index (χ2v) is 12.9. The van der Waals surface area contributed by atoms with E-state index in [1.54, 1.807) is 45.1 Å². The summed E-state index contributed by atoms with van der Waals surface area (Å²) in [6.07, 6.45) is 1.66. The zero-order valence-electron chi connectivity index (χ0n) is 25.5.